The van der Waals surface area contributed by atoms with Gasteiger partial charge in [-0.15, -0.1) is 0 Å². The monoisotopic (exact) mass is 299 g/mol. The van der Waals surface area contributed by atoms with E-state index in [9.17, 15) is 14.4 Å². The van der Waals surface area contributed by atoms with Gasteiger partial charge in [0, 0.05) is 19.4 Å². The third-order valence-electron chi connectivity index (χ3n) is 2.48. The van der Waals surface area contributed by atoms with Crippen molar-refractivity contribution in [2.75, 3.05) is 6.54 Å². The zero-order chi connectivity index (χ0) is 15.8. The summed E-state index contributed by atoms with van der Waals surface area (Å²) in [5, 5.41) is 17.2. The number of nitrogens with one attached hydrogen (secondary N) is 2. The number of carboxylic acid groups (broad SMARTS) is 1. The summed E-state index contributed by atoms with van der Waals surface area (Å²) in [4.78, 5) is 37.0. The summed E-state index contributed by atoms with van der Waals surface area (Å²) in [6.07, 6.45) is 0.132. The van der Waals surface area contributed by atoms with Crippen molar-refractivity contribution in [2.24, 2.45) is 5.73 Å². The molecule has 21 heavy (non-hydrogen) atoms. The van der Waals surface area contributed by atoms with Gasteiger partial charge >= 0.3 is 12.0 Å². The molecule has 3 amide bonds. The van der Waals surface area contributed by atoms with Gasteiger partial charge in [0.25, 0.3) is 0 Å². The van der Waals surface area contributed by atoms with Crippen LogP contribution in [0.2, 0.25) is 0 Å². The Morgan fingerprint density at radius 3 is 2.67 bits per heavy atom. The van der Waals surface area contributed by atoms with E-state index in [4.69, 9.17) is 15.4 Å². The van der Waals surface area contributed by atoms with Crippen LogP contribution in [0.15, 0.2) is 4.52 Å². The highest BCUT2D eigenvalue weighted by Crippen LogP contribution is 1.98. The number of aryl methyl sites for hydroxylation is 1. The third-order valence-corrected chi connectivity index (χ3v) is 2.48. The van der Waals surface area contributed by atoms with Crippen LogP contribution in [-0.4, -0.2) is 45.7 Å². The Hall–Kier alpha value is -2.65. The summed E-state index contributed by atoms with van der Waals surface area (Å²) < 4.78 is 4.85. The molecule has 0 saturated carbocycles. The first kappa shape index (κ1) is 16.4. The lowest BCUT2D eigenvalue weighted by molar-refractivity contribution is -0.139. The Labute approximate surface area is 120 Å². The van der Waals surface area contributed by atoms with E-state index in [1.54, 1.807) is 6.92 Å². The molecule has 0 radical (unpaired) electrons. The van der Waals surface area contributed by atoms with Gasteiger partial charge in [0.1, 0.15) is 6.04 Å². The molecule has 0 fully saturated rings. The molecule has 0 aliphatic rings. The number of rotatable bonds is 8. The van der Waals surface area contributed by atoms with Crippen molar-refractivity contribution in [3.63, 3.8) is 0 Å². The molecule has 1 aromatic rings. The number of hydrogen-bond donors (Lipinski definition) is 4. The molecule has 1 atom stereocenters. The van der Waals surface area contributed by atoms with Crippen molar-refractivity contribution in [3.8, 4) is 0 Å². The molecule has 1 heterocycles. The summed E-state index contributed by atoms with van der Waals surface area (Å²) in [5.74, 6) is -1.00. The van der Waals surface area contributed by atoms with Crippen LogP contribution in [0.1, 0.15) is 24.6 Å². The van der Waals surface area contributed by atoms with Gasteiger partial charge in [-0.05, 0) is 13.3 Å². The first-order chi connectivity index (χ1) is 9.88. The van der Waals surface area contributed by atoms with Gasteiger partial charge in [0.15, 0.2) is 5.82 Å². The molecule has 0 saturated heterocycles. The first-order valence-electron chi connectivity index (χ1n) is 6.23. The van der Waals surface area contributed by atoms with Crippen LogP contribution in [0, 0.1) is 6.92 Å². The van der Waals surface area contributed by atoms with Crippen molar-refractivity contribution >= 4 is 17.9 Å². The summed E-state index contributed by atoms with van der Waals surface area (Å²) in [6, 6.07) is -1.84. The van der Waals surface area contributed by atoms with Crippen LogP contribution in [0.4, 0.5) is 4.79 Å². The Balaban J connectivity index is 2.32. The Kier molecular flexibility index (Phi) is 6.11. The first-order valence-corrected chi connectivity index (χ1v) is 6.23. The Morgan fingerprint density at radius 2 is 2.14 bits per heavy atom. The molecule has 1 unspecified atom stereocenters. The number of nitrogens with zero attached hydrogens (tertiary/aromatic N) is 2. The standard InChI is InChI=1S/C11H17N5O5/c1-6-14-9(21-16-6)4-5-13-11(20)15-7(10(18)19)2-3-8(12)17/h7H,2-5H2,1H3,(H2,12,17)(H,18,19)(H2,13,15,20). The molecule has 0 spiro atoms. The van der Waals surface area contributed by atoms with E-state index in [0.717, 1.165) is 0 Å². The van der Waals surface area contributed by atoms with Gasteiger partial charge in [-0.25, -0.2) is 9.59 Å². The third kappa shape index (κ3) is 6.36. The second-order valence-corrected chi connectivity index (χ2v) is 4.28. The number of hydrogen-bond acceptors (Lipinski definition) is 6. The Morgan fingerprint density at radius 1 is 1.43 bits per heavy atom. The van der Waals surface area contributed by atoms with Crippen molar-refractivity contribution in [2.45, 2.75) is 32.2 Å². The number of amides is 3. The van der Waals surface area contributed by atoms with E-state index in [2.05, 4.69) is 20.8 Å². The van der Waals surface area contributed by atoms with Crippen LogP contribution in [-0.2, 0) is 16.0 Å². The molecule has 116 valence electrons. The second kappa shape index (κ2) is 7.82. The zero-order valence-corrected chi connectivity index (χ0v) is 11.5. The highest BCUT2D eigenvalue weighted by molar-refractivity contribution is 5.83. The average molecular weight is 299 g/mol. The van der Waals surface area contributed by atoms with E-state index < -0.39 is 23.9 Å². The van der Waals surface area contributed by atoms with Gasteiger partial charge in [-0.2, -0.15) is 4.98 Å². The van der Waals surface area contributed by atoms with Gasteiger partial charge in [0.2, 0.25) is 11.8 Å². The molecule has 0 bridgehead atoms. The number of primary amides is 1. The number of nitrogens with two attached hydrogens (primary N) is 1. The average Bonchev–Trinajstić information content (AvgIpc) is 2.79. The molecule has 10 heteroatoms. The van der Waals surface area contributed by atoms with Gasteiger partial charge in [-0.3, -0.25) is 4.79 Å². The molecule has 0 aromatic carbocycles. The predicted octanol–water partition coefficient (Wildman–Crippen LogP) is -1.06. The maximum absolute atomic E-state index is 11.5. The van der Waals surface area contributed by atoms with E-state index >= 15 is 0 Å². The minimum atomic E-state index is -1.24. The fourth-order valence-electron chi connectivity index (χ4n) is 1.48. The fraction of sp³-hybridized carbons (Fsp3) is 0.545. The summed E-state index contributed by atoms with van der Waals surface area (Å²) >= 11 is 0. The molecule has 10 nitrogen and oxygen atoms in total. The second-order valence-electron chi connectivity index (χ2n) is 4.28. The van der Waals surface area contributed by atoms with Gasteiger partial charge in [0.05, 0.1) is 0 Å². The molecular formula is C11H17N5O5. The lowest BCUT2D eigenvalue weighted by Gasteiger charge is -2.14. The predicted molar refractivity (Wildman–Crippen MR) is 69.1 cm³/mol. The number of aliphatic carboxylic acids is 1. The molecular weight excluding hydrogens is 282 g/mol. The van der Waals surface area contributed by atoms with Crippen LogP contribution < -0.4 is 16.4 Å². The molecule has 0 aliphatic heterocycles. The maximum Gasteiger partial charge on any atom is 0.326 e. The quantitative estimate of drug-likeness (QED) is 0.475. The van der Waals surface area contributed by atoms with Crippen molar-refractivity contribution in [3.05, 3.63) is 11.7 Å². The van der Waals surface area contributed by atoms with Gasteiger partial charge in [-0.1, -0.05) is 5.16 Å². The minimum absolute atomic E-state index is 0.0685. The summed E-state index contributed by atoms with van der Waals surface area (Å²) in [7, 11) is 0. The molecule has 1 rings (SSSR count). The Bertz CT molecular complexity index is 515. The molecule has 0 aliphatic carbocycles. The van der Waals surface area contributed by atoms with Crippen LogP contribution in [0.3, 0.4) is 0 Å². The largest absolute Gasteiger partial charge is 0.480 e. The van der Waals surface area contributed by atoms with E-state index in [1.165, 1.54) is 0 Å². The minimum Gasteiger partial charge on any atom is -0.480 e. The van der Waals surface area contributed by atoms with Crippen LogP contribution >= 0.6 is 0 Å². The van der Waals surface area contributed by atoms with Crippen molar-refractivity contribution in [1.29, 1.82) is 0 Å². The van der Waals surface area contributed by atoms with Crippen LogP contribution in [0.5, 0.6) is 0 Å². The van der Waals surface area contributed by atoms with Crippen LogP contribution in [0.25, 0.3) is 0 Å². The van der Waals surface area contributed by atoms with E-state index in [0.29, 0.717) is 18.1 Å². The zero-order valence-electron chi connectivity index (χ0n) is 11.5. The van der Waals surface area contributed by atoms with E-state index in [1.807, 2.05) is 0 Å². The number of carboxylic acids is 1. The lowest BCUT2D eigenvalue weighted by atomic mass is 10.1. The summed E-state index contributed by atoms with van der Waals surface area (Å²) in [6.45, 7) is 1.87. The normalized spacial score (nSPS) is 11.7. The van der Waals surface area contributed by atoms with Crippen molar-refractivity contribution < 1.29 is 24.0 Å². The topological polar surface area (TPSA) is 160 Å². The maximum atomic E-state index is 11.5. The highest BCUT2D eigenvalue weighted by Gasteiger charge is 2.20. The van der Waals surface area contributed by atoms with Gasteiger partial charge < -0.3 is 26.0 Å². The summed E-state index contributed by atoms with van der Waals surface area (Å²) in [5.41, 5.74) is 4.93. The number of aromatic nitrogens is 2. The number of carbonyl (C=O) groups excluding carboxylic acids is 2. The number of carbonyl (C=O) groups is 3. The number of urea groups is 1. The fourth-order valence-corrected chi connectivity index (χ4v) is 1.48. The molecule has 5 N–H and O–H groups in total. The SMILES string of the molecule is Cc1noc(CCNC(=O)NC(CCC(N)=O)C(=O)O)n1. The lowest BCUT2D eigenvalue weighted by Crippen LogP contribution is -2.46. The molecule has 1 aromatic heterocycles. The van der Waals surface area contributed by atoms with E-state index in [-0.39, 0.29) is 19.4 Å². The van der Waals surface area contributed by atoms with Crippen molar-refractivity contribution in [1.82, 2.24) is 20.8 Å². The smallest absolute Gasteiger partial charge is 0.326 e. The highest BCUT2D eigenvalue weighted by atomic mass is 16.5.